The molecular formula is C19H23BrN2O. The lowest BCUT2D eigenvalue weighted by atomic mass is 10.2. The summed E-state index contributed by atoms with van der Waals surface area (Å²) >= 11 is 3.44. The van der Waals surface area contributed by atoms with E-state index in [0.29, 0.717) is 6.42 Å². The molecule has 0 radical (unpaired) electrons. The van der Waals surface area contributed by atoms with E-state index < -0.39 is 0 Å². The molecule has 0 saturated heterocycles. The molecular weight excluding hydrogens is 352 g/mol. The minimum Gasteiger partial charge on any atom is -0.372 e. The summed E-state index contributed by atoms with van der Waals surface area (Å²) in [5, 5.41) is 2.95. The molecule has 2 aromatic carbocycles. The number of hydrogen-bond donors (Lipinski definition) is 1. The Hall–Kier alpha value is -1.81. The summed E-state index contributed by atoms with van der Waals surface area (Å²) in [4.78, 5) is 14.4. The zero-order valence-electron chi connectivity index (χ0n) is 13.7. The van der Waals surface area contributed by atoms with Gasteiger partial charge in [-0.2, -0.15) is 0 Å². The van der Waals surface area contributed by atoms with Crippen molar-refractivity contribution in [3.8, 4) is 0 Å². The van der Waals surface area contributed by atoms with Gasteiger partial charge in [0, 0.05) is 29.7 Å². The van der Waals surface area contributed by atoms with E-state index in [1.54, 1.807) is 0 Å². The minimum atomic E-state index is 0.0530. The average molecular weight is 375 g/mol. The van der Waals surface area contributed by atoms with Crippen molar-refractivity contribution in [2.45, 2.75) is 26.7 Å². The highest BCUT2D eigenvalue weighted by molar-refractivity contribution is 9.10. The zero-order chi connectivity index (χ0) is 16.7. The Bertz CT molecular complexity index is 657. The fraction of sp³-hybridized carbons (Fsp3) is 0.316. The number of aryl methyl sites for hydroxylation is 1. The summed E-state index contributed by atoms with van der Waals surface area (Å²) < 4.78 is 0.906. The van der Waals surface area contributed by atoms with Crippen LogP contribution in [-0.4, -0.2) is 19.0 Å². The number of halogens is 1. The number of carbonyl (C=O) groups excluding carboxylic acids is 1. The predicted molar refractivity (Wildman–Crippen MR) is 101 cm³/mol. The SMILES string of the molecule is CCN(CCCC(=O)Nc1ccccc1Br)c1cccc(C)c1. The number of hydrogen-bond acceptors (Lipinski definition) is 2. The van der Waals surface area contributed by atoms with Crippen molar-refractivity contribution in [2.75, 3.05) is 23.3 Å². The molecule has 122 valence electrons. The average Bonchev–Trinajstić information content (AvgIpc) is 2.54. The Morgan fingerprint density at radius 3 is 2.65 bits per heavy atom. The molecule has 0 saturated carbocycles. The van der Waals surface area contributed by atoms with Crippen LogP contribution in [0.15, 0.2) is 53.0 Å². The second kappa shape index (κ2) is 8.73. The van der Waals surface area contributed by atoms with Gasteiger partial charge in [-0.15, -0.1) is 0 Å². The van der Waals surface area contributed by atoms with Gasteiger partial charge in [0.25, 0.3) is 0 Å². The summed E-state index contributed by atoms with van der Waals surface area (Å²) in [6, 6.07) is 16.1. The summed E-state index contributed by atoms with van der Waals surface area (Å²) in [6.07, 6.45) is 1.35. The van der Waals surface area contributed by atoms with Crippen LogP contribution in [0.2, 0.25) is 0 Å². The Kier molecular flexibility index (Phi) is 6.66. The normalized spacial score (nSPS) is 10.4. The largest absolute Gasteiger partial charge is 0.372 e. The highest BCUT2D eigenvalue weighted by atomic mass is 79.9. The van der Waals surface area contributed by atoms with Crippen molar-refractivity contribution in [3.63, 3.8) is 0 Å². The molecule has 1 N–H and O–H groups in total. The third-order valence-corrected chi connectivity index (χ3v) is 4.42. The number of anilines is 2. The van der Waals surface area contributed by atoms with E-state index in [1.165, 1.54) is 11.3 Å². The quantitative estimate of drug-likeness (QED) is 0.739. The molecule has 0 aromatic heterocycles. The molecule has 0 fully saturated rings. The van der Waals surface area contributed by atoms with Gasteiger partial charge in [-0.3, -0.25) is 4.79 Å². The van der Waals surface area contributed by atoms with Crippen LogP contribution < -0.4 is 10.2 Å². The third-order valence-electron chi connectivity index (χ3n) is 3.73. The fourth-order valence-electron chi connectivity index (χ4n) is 2.50. The maximum absolute atomic E-state index is 12.1. The lowest BCUT2D eigenvalue weighted by Gasteiger charge is -2.23. The monoisotopic (exact) mass is 374 g/mol. The first-order valence-corrected chi connectivity index (χ1v) is 8.75. The van der Waals surface area contributed by atoms with E-state index in [0.717, 1.165) is 29.7 Å². The van der Waals surface area contributed by atoms with Gasteiger partial charge in [0.15, 0.2) is 0 Å². The van der Waals surface area contributed by atoms with E-state index >= 15 is 0 Å². The third kappa shape index (κ3) is 5.39. The smallest absolute Gasteiger partial charge is 0.224 e. The van der Waals surface area contributed by atoms with E-state index in [1.807, 2.05) is 24.3 Å². The molecule has 23 heavy (non-hydrogen) atoms. The second-order valence-corrected chi connectivity index (χ2v) is 6.40. The number of para-hydroxylation sites is 1. The van der Waals surface area contributed by atoms with Crippen LogP contribution in [0.4, 0.5) is 11.4 Å². The molecule has 0 aliphatic carbocycles. The van der Waals surface area contributed by atoms with Gasteiger partial charge in [0.2, 0.25) is 5.91 Å². The number of rotatable bonds is 7. The van der Waals surface area contributed by atoms with Crippen molar-refractivity contribution in [2.24, 2.45) is 0 Å². The van der Waals surface area contributed by atoms with Gasteiger partial charge >= 0.3 is 0 Å². The van der Waals surface area contributed by atoms with Gasteiger partial charge < -0.3 is 10.2 Å². The van der Waals surface area contributed by atoms with Crippen molar-refractivity contribution in [1.29, 1.82) is 0 Å². The van der Waals surface area contributed by atoms with Crippen LogP contribution >= 0.6 is 15.9 Å². The molecule has 0 bridgehead atoms. The van der Waals surface area contributed by atoms with Crippen LogP contribution in [0, 0.1) is 6.92 Å². The van der Waals surface area contributed by atoms with E-state index in [-0.39, 0.29) is 5.91 Å². The summed E-state index contributed by atoms with van der Waals surface area (Å²) in [7, 11) is 0. The fourth-order valence-corrected chi connectivity index (χ4v) is 2.88. The molecule has 2 rings (SSSR count). The lowest BCUT2D eigenvalue weighted by Crippen LogP contribution is -2.25. The van der Waals surface area contributed by atoms with Gasteiger partial charge in [-0.25, -0.2) is 0 Å². The highest BCUT2D eigenvalue weighted by Crippen LogP contribution is 2.21. The van der Waals surface area contributed by atoms with E-state index in [2.05, 4.69) is 64.3 Å². The van der Waals surface area contributed by atoms with Crippen LogP contribution in [0.3, 0.4) is 0 Å². The number of amides is 1. The van der Waals surface area contributed by atoms with E-state index in [9.17, 15) is 4.79 Å². The molecule has 1 amide bonds. The second-order valence-electron chi connectivity index (χ2n) is 5.55. The number of nitrogens with one attached hydrogen (secondary N) is 1. The first-order valence-electron chi connectivity index (χ1n) is 7.96. The molecule has 0 aliphatic rings. The van der Waals surface area contributed by atoms with E-state index in [4.69, 9.17) is 0 Å². The highest BCUT2D eigenvalue weighted by Gasteiger charge is 2.08. The van der Waals surface area contributed by atoms with Crippen molar-refractivity contribution in [3.05, 3.63) is 58.6 Å². The topological polar surface area (TPSA) is 32.3 Å². The van der Waals surface area contributed by atoms with Crippen molar-refractivity contribution >= 4 is 33.2 Å². The number of nitrogens with zero attached hydrogens (tertiary/aromatic N) is 1. The molecule has 0 unspecified atom stereocenters. The molecule has 4 heteroatoms. The van der Waals surface area contributed by atoms with Crippen LogP contribution in [-0.2, 0) is 4.79 Å². The van der Waals surface area contributed by atoms with Crippen LogP contribution in [0.1, 0.15) is 25.3 Å². The van der Waals surface area contributed by atoms with Crippen LogP contribution in [0.5, 0.6) is 0 Å². The Morgan fingerprint density at radius 2 is 1.96 bits per heavy atom. The first kappa shape index (κ1) is 17.5. The maximum atomic E-state index is 12.1. The standard InChI is InChI=1S/C19H23BrN2O/c1-3-22(16-9-6-8-15(2)14-16)13-7-12-19(23)21-18-11-5-4-10-17(18)20/h4-6,8-11,14H,3,7,12-13H2,1-2H3,(H,21,23). The molecule has 0 heterocycles. The summed E-state index contributed by atoms with van der Waals surface area (Å²) in [5.41, 5.74) is 3.30. The van der Waals surface area contributed by atoms with Gasteiger partial charge in [-0.1, -0.05) is 24.3 Å². The molecule has 3 nitrogen and oxygen atoms in total. The Morgan fingerprint density at radius 1 is 1.17 bits per heavy atom. The molecule has 0 atom stereocenters. The van der Waals surface area contributed by atoms with Gasteiger partial charge in [-0.05, 0) is 66.0 Å². The number of benzene rings is 2. The van der Waals surface area contributed by atoms with Crippen LogP contribution in [0.25, 0.3) is 0 Å². The first-order chi connectivity index (χ1) is 11.1. The maximum Gasteiger partial charge on any atom is 0.224 e. The molecule has 2 aromatic rings. The summed E-state index contributed by atoms with van der Waals surface area (Å²) in [6.45, 7) is 6.06. The lowest BCUT2D eigenvalue weighted by molar-refractivity contribution is -0.116. The Balaban J connectivity index is 1.83. The van der Waals surface area contributed by atoms with Crippen molar-refractivity contribution < 1.29 is 4.79 Å². The molecule has 0 spiro atoms. The minimum absolute atomic E-state index is 0.0530. The predicted octanol–water partition coefficient (Wildman–Crippen LogP) is 5.00. The van der Waals surface area contributed by atoms with Gasteiger partial charge in [0.05, 0.1) is 5.69 Å². The van der Waals surface area contributed by atoms with Gasteiger partial charge in [0.1, 0.15) is 0 Å². The number of carbonyl (C=O) groups is 1. The Labute approximate surface area is 146 Å². The van der Waals surface area contributed by atoms with Crippen molar-refractivity contribution in [1.82, 2.24) is 0 Å². The zero-order valence-corrected chi connectivity index (χ0v) is 15.3. The summed E-state index contributed by atoms with van der Waals surface area (Å²) in [5.74, 6) is 0.0530. The molecule has 0 aliphatic heterocycles.